The van der Waals surface area contributed by atoms with E-state index in [1.165, 1.54) is 12.4 Å². The van der Waals surface area contributed by atoms with E-state index in [1.807, 2.05) is 26.1 Å². The minimum atomic E-state index is -0.227. The summed E-state index contributed by atoms with van der Waals surface area (Å²) in [4.78, 5) is 8.23. The van der Waals surface area contributed by atoms with Crippen molar-refractivity contribution >= 4 is 5.57 Å². The van der Waals surface area contributed by atoms with Crippen LogP contribution >= 0.6 is 0 Å². The van der Waals surface area contributed by atoms with Crippen molar-refractivity contribution in [1.29, 1.82) is 0 Å². The maximum absolute atomic E-state index is 13.4. The minimum Gasteiger partial charge on any atom is -0.245 e. The van der Waals surface area contributed by atoms with Crippen molar-refractivity contribution in [2.24, 2.45) is 0 Å². The van der Waals surface area contributed by atoms with Crippen LogP contribution in [0.2, 0.25) is 0 Å². The second kappa shape index (κ2) is 5.74. The molecule has 0 bridgehead atoms. The Bertz CT molecular complexity index is 605. The third-order valence-electron chi connectivity index (χ3n) is 3.27. The van der Waals surface area contributed by atoms with Gasteiger partial charge < -0.3 is 0 Å². The van der Waals surface area contributed by atoms with E-state index in [0.29, 0.717) is 6.42 Å². The standard InChI is InChI=1S/C16H17FN2/c1-4-11(2)16-8-15(17)6-5-13(16)7-14-9-18-10-19-12(14)3/h5-6,8-10H,2,4,7H2,1,3H3. The summed E-state index contributed by atoms with van der Waals surface area (Å²) in [6, 6.07) is 4.86. The smallest absolute Gasteiger partial charge is 0.123 e. The lowest BCUT2D eigenvalue weighted by atomic mass is 9.94. The molecule has 0 unspecified atom stereocenters. The van der Waals surface area contributed by atoms with Crippen molar-refractivity contribution in [3.63, 3.8) is 0 Å². The molecule has 1 aromatic heterocycles. The number of aryl methyl sites for hydroxylation is 1. The molecule has 0 saturated heterocycles. The fraction of sp³-hybridized carbons (Fsp3) is 0.250. The molecule has 98 valence electrons. The largest absolute Gasteiger partial charge is 0.245 e. The van der Waals surface area contributed by atoms with Crippen LogP contribution in [-0.2, 0) is 6.42 Å². The zero-order chi connectivity index (χ0) is 13.8. The third-order valence-corrected chi connectivity index (χ3v) is 3.27. The van der Waals surface area contributed by atoms with Crippen LogP contribution in [0.25, 0.3) is 5.57 Å². The Morgan fingerprint density at radius 2 is 2.11 bits per heavy atom. The van der Waals surface area contributed by atoms with Gasteiger partial charge in [0.25, 0.3) is 0 Å². The molecule has 2 aromatic rings. The first kappa shape index (κ1) is 13.4. The monoisotopic (exact) mass is 256 g/mol. The summed E-state index contributed by atoms with van der Waals surface area (Å²) in [6.45, 7) is 7.99. The van der Waals surface area contributed by atoms with Crippen LogP contribution in [0.3, 0.4) is 0 Å². The topological polar surface area (TPSA) is 25.8 Å². The van der Waals surface area contributed by atoms with E-state index >= 15 is 0 Å². The number of rotatable bonds is 4. The molecule has 0 fully saturated rings. The lowest BCUT2D eigenvalue weighted by Crippen LogP contribution is -1.99. The predicted octanol–water partition coefficient (Wildman–Crippen LogP) is 3.94. The van der Waals surface area contributed by atoms with Gasteiger partial charge in [-0.3, -0.25) is 0 Å². The van der Waals surface area contributed by atoms with E-state index in [4.69, 9.17) is 0 Å². The summed E-state index contributed by atoms with van der Waals surface area (Å²) in [5.74, 6) is -0.227. The zero-order valence-electron chi connectivity index (χ0n) is 11.3. The summed E-state index contributed by atoms with van der Waals surface area (Å²) in [7, 11) is 0. The normalized spacial score (nSPS) is 10.5. The Kier molecular flexibility index (Phi) is 4.05. The van der Waals surface area contributed by atoms with Crippen LogP contribution in [0.5, 0.6) is 0 Å². The van der Waals surface area contributed by atoms with Gasteiger partial charge in [-0.25, -0.2) is 14.4 Å². The number of benzene rings is 1. The Balaban J connectivity index is 2.40. The summed E-state index contributed by atoms with van der Waals surface area (Å²) in [6.07, 6.45) is 4.85. The van der Waals surface area contributed by atoms with E-state index in [9.17, 15) is 4.39 Å². The lowest BCUT2D eigenvalue weighted by Gasteiger charge is -2.12. The van der Waals surface area contributed by atoms with Crippen LogP contribution in [0.15, 0.2) is 37.3 Å². The minimum absolute atomic E-state index is 0.227. The Morgan fingerprint density at radius 3 is 2.79 bits per heavy atom. The average Bonchev–Trinajstić information content (AvgIpc) is 2.42. The van der Waals surface area contributed by atoms with Gasteiger partial charge in [-0.15, -0.1) is 0 Å². The number of nitrogens with zero attached hydrogens (tertiary/aromatic N) is 2. The van der Waals surface area contributed by atoms with Gasteiger partial charge in [0.2, 0.25) is 0 Å². The molecule has 0 aliphatic rings. The highest BCUT2D eigenvalue weighted by molar-refractivity contribution is 5.66. The van der Waals surface area contributed by atoms with E-state index in [0.717, 1.165) is 34.4 Å². The van der Waals surface area contributed by atoms with Crippen molar-refractivity contribution in [3.05, 3.63) is 65.5 Å². The van der Waals surface area contributed by atoms with Gasteiger partial charge in [0, 0.05) is 18.3 Å². The Hall–Kier alpha value is -2.03. The molecule has 0 atom stereocenters. The Labute approximate surface area is 113 Å². The molecule has 1 heterocycles. The van der Waals surface area contributed by atoms with Gasteiger partial charge in [0.05, 0.1) is 0 Å². The molecule has 3 heteroatoms. The molecule has 2 rings (SSSR count). The molecule has 0 amide bonds. The van der Waals surface area contributed by atoms with Crippen molar-refractivity contribution in [2.45, 2.75) is 26.7 Å². The molecule has 0 aliphatic carbocycles. The lowest BCUT2D eigenvalue weighted by molar-refractivity contribution is 0.626. The second-order valence-corrected chi connectivity index (χ2v) is 4.57. The Morgan fingerprint density at radius 1 is 1.32 bits per heavy atom. The highest BCUT2D eigenvalue weighted by Crippen LogP contribution is 2.24. The number of allylic oxidation sites excluding steroid dienone is 1. The first-order chi connectivity index (χ1) is 9.11. The van der Waals surface area contributed by atoms with Crippen molar-refractivity contribution in [2.75, 3.05) is 0 Å². The van der Waals surface area contributed by atoms with Crippen LogP contribution in [0.4, 0.5) is 4.39 Å². The molecular weight excluding hydrogens is 239 g/mol. The van der Waals surface area contributed by atoms with Gasteiger partial charge >= 0.3 is 0 Å². The van der Waals surface area contributed by atoms with E-state index in [2.05, 4.69) is 16.5 Å². The van der Waals surface area contributed by atoms with Crippen LogP contribution in [0.1, 0.15) is 35.7 Å². The van der Waals surface area contributed by atoms with Gasteiger partial charge in [-0.2, -0.15) is 0 Å². The number of halogens is 1. The molecule has 19 heavy (non-hydrogen) atoms. The summed E-state index contributed by atoms with van der Waals surface area (Å²) in [5, 5.41) is 0. The van der Waals surface area contributed by atoms with E-state index in [1.54, 1.807) is 6.07 Å². The third kappa shape index (κ3) is 3.05. The van der Waals surface area contributed by atoms with E-state index in [-0.39, 0.29) is 5.82 Å². The molecule has 0 radical (unpaired) electrons. The number of aromatic nitrogens is 2. The molecule has 0 N–H and O–H groups in total. The maximum Gasteiger partial charge on any atom is 0.123 e. The molecular formula is C16H17FN2. The molecule has 1 aromatic carbocycles. The summed E-state index contributed by atoms with van der Waals surface area (Å²) < 4.78 is 13.4. The SMILES string of the molecule is C=C(CC)c1cc(F)ccc1Cc1cncnc1C. The van der Waals surface area contributed by atoms with Crippen LogP contribution < -0.4 is 0 Å². The average molecular weight is 256 g/mol. The van der Waals surface area contributed by atoms with Crippen molar-refractivity contribution in [1.82, 2.24) is 9.97 Å². The highest BCUT2D eigenvalue weighted by atomic mass is 19.1. The van der Waals surface area contributed by atoms with Crippen LogP contribution in [0, 0.1) is 12.7 Å². The second-order valence-electron chi connectivity index (χ2n) is 4.57. The van der Waals surface area contributed by atoms with Crippen LogP contribution in [-0.4, -0.2) is 9.97 Å². The van der Waals surface area contributed by atoms with Gasteiger partial charge in [-0.05, 0) is 47.7 Å². The number of hydrogen-bond donors (Lipinski definition) is 0. The summed E-state index contributed by atoms with van der Waals surface area (Å²) >= 11 is 0. The van der Waals surface area contributed by atoms with Gasteiger partial charge in [0.15, 0.2) is 0 Å². The van der Waals surface area contributed by atoms with Crippen molar-refractivity contribution in [3.8, 4) is 0 Å². The van der Waals surface area contributed by atoms with Gasteiger partial charge in [-0.1, -0.05) is 19.6 Å². The zero-order valence-corrected chi connectivity index (χ0v) is 11.3. The molecule has 0 saturated carbocycles. The molecule has 0 spiro atoms. The highest BCUT2D eigenvalue weighted by Gasteiger charge is 2.09. The van der Waals surface area contributed by atoms with Crippen molar-refractivity contribution < 1.29 is 4.39 Å². The first-order valence-corrected chi connectivity index (χ1v) is 6.34. The predicted molar refractivity (Wildman–Crippen MR) is 75.3 cm³/mol. The fourth-order valence-corrected chi connectivity index (χ4v) is 2.02. The molecule has 2 nitrogen and oxygen atoms in total. The van der Waals surface area contributed by atoms with E-state index < -0.39 is 0 Å². The van der Waals surface area contributed by atoms with Gasteiger partial charge in [0.1, 0.15) is 12.1 Å². The summed E-state index contributed by atoms with van der Waals surface area (Å²) in [5.41, 5.74) is 4.91. The maximum atomic E-state index is 13.4. The number of hydrogen-bond acceptors (Lipinski definition) is 2. The quantitative estimate of drug-likeness (QED) is 0.828. The first-order valence-electron chi connectivity index (χ1n) is 6.34. The molecule has 0 aliphatic heterocycles. The fourth-order valence-electron chi connectivity index (χ4n) is 2.02.